The Bertz CT molecular complexity index is 164. The molecule has 0 atom stereocenters. The topological polar surface area (TPSA) is 49.8 Å². The molecule has 0 saturated heterocycles. The number of aliphatic hydroxyl groups is 1. The number of ether oxygens (including phenoxy) is 1. The predicted molar refractivity (Wildman–Crippen MR) is 29.8 cm³/mol. The van der Waals surface area contributed by atoms with Crippen LogP contribution in [0.1, 0.15) is 0 Å². The Morgan fingerprint density at radius 3 is 3.00 bits per heavy atom. The van der Waals surface area contributed by atoms with Gasteiger partial charge in [0, 0.05) is 7.05 Å². The number of cyclic esters (lactones) is 1. The zero-order chi connectivity index (χ0) is 6.85. The molecule has 0 bridgehead atoms. The van der Waals surface area contributed by atoms with E-state index in [0.29, 0.717) is 0 Å². The van der Waals surface area contributed by atoms with E-state index in [1.807, 2.05) is 0 Å². The van der Waals surface area contributed by atoms with Crippen LogP contribution in [-0.2, 0) is 4.74 Å². The van der Waals surface area contributed by atoms with Gasteiger partial charge in [-0.15, -0.1) is 0 Å². The van der Waals surface area contributed by atoms with Gasteiger partial charge in [-0.3, -0.25) is 4.90 Å². The van der Waals surface area contributed by atoms with Crippen LogP contribution in [0, 0.1) is 0 Å². The Morgan fingerprint density at radius 1 is 1.89 bits per heavy atom. The molecule has 0 spiro atoms. The van der Waals surface area contributed by atoms with Crippen molar-refractivity contribution in [1.29, 1.82) is 0 Å². The summed E-state index contributed by atoms with van der Waals surface area (Å²) >= 11 is 0. The maximum atomic E-state index is 10.5. The number of hydrogen-bond acceptors (Lipinski definition) is 3. The van der Waals surface area contributed by atoms with E-state index in [-0.39, 0.29) is 12.4 Å². The van der Waals surface area contributed by atoms with Gasteiger partial charge in [0.25, 0.3) is 0 Å². The average Bonchev–Trinajstić information content (AvgIpc) is 1.80. The highest BCUT2D eigenvalue weighted by Gasteiger charge is 2.14. The number of aliphatic hydroxyl groups excluding tert-OH is 1. The highest BCUT2D eigenvalue weighted by atomic mass is 16.6. The van der Waals surface area contributed by atoms with Crippen LogP contribution in [0.5, 0.6) is 0 Å². The average molecular weight is 129 g/mol. The van der Waals surface area contributed by atoms with Crippen molar-refractivity contribution in [1.82, 2.24) is 4.90 Å². The molecule has 1 rings (SSSR count). The first-order chi connectivity index (χ1) is 4.20. The molecule has 0 saturated carbocycles. The van der Waals surface area contributed by atoms with Crippen molar-refractivity contribution in [3.8, 4) is 0 Å². The summed E-state index contributed by atoms with van der Waals surface area (Å²) in [4.78, 5) is 11.7. The first-order valence-electron chi connectivity index (χ1n) is 2.49. The third-order valence-corrected chi connectivity index (χ3v) is 0.974. The quantitative estimate of drug-likeness (QED) is 0.517. The fourth-order valence-corrected chi connectivity index (χ4v) is 0.551. The minimum absolute atomic E-state index is 0.0107. The summed E-state index contributed by atoms with van der Waals surface area (Å²) in [5.41, 5.74) is 0. The highest BCUT2D eigenvalue weighted by molar-refractivity contribution is 5.69. The summed E-state index contributed by atoms with van der Waals surface area (Å²) < 4.78 is 4.47. The Balaban J connectivity index is 2.69. The zero-order valence-electron chi connectivity index (χ0n) is 5.00. The third-order valence-electron chi connectivity index (χ3n) is 0.974. The first-order valence-corrected chi connectivity index (χ1v) is 2.49. The lowest BCUT2D eigenvalue weighted by Gasteiger charge is -2.17. The van der Waals surface area contributed by atoms with Crippen LogP contribution in [-0.4, -0.2) is 29.8 Å². The molecular formula is C5H7NO3. The summed E-state index contributed by atoms with van der Waals surface area (Å²) in [5, 5.41) is 8.74. The third kappa shape index (κ3) is 1.13. The minimum Gasteiger partial charge on any atom is -0.507 e. The number of rotatable bonds is 0. The number of amides is 1. The lowest BCUT2D eigenvalue weighted by atomic mass is 10.5. The van der Waals surface area contributed by atoms with E-state index >= 15 is 0 Å². The van der Waals surface area contributed by atoms with Gasteiger partial charge in [-0.25, -0.2) is 4.79 Å². The standard InChI is InChI=1S/C5H7NO3/c1-6-2-4(7)3-9-5(6)8/h2,7H,3H2,1H3. The van der Waals surface area contributed by atoms with E-state index in [2.05, 4.69) is 4.74 Å². The molecule has 1 heterocycles. The molecule has 1 aliphatic heterocycles. The second kappa shape index (κ2) is 1.97. The van der Waals surface area contributed by atoms with Crippen molar-refractivity contribution >= 4 is 6.09 Å². The molecule has 0 fully saturated rings. The van der Waals surface area contributed by atoms with Crippen LogP contribution in [0.3, 0.4) is 0 Å². The van der Waals surface area contributed by atoms with Crippen molar-refractivity contribution in [3.05, 3.63) is 12.0 Å². The summed E-state index contributed by atoms with van der Waals surface area (Å²) in [5.74, 6) is 0.0668. The SMILES string of the molecule is CN1C=C(O)COC1=O. The molecule has 0 aromatic carbocycles. The van der Waals surface area contributed by atoms with E-state index in [9.17, 15) is 4.79 Å². The fraction of sp³-hybridized carbons (Fsp3) is 0.400. The normalized spacial score (nSPS) is 19.0. The number of carbonyl (C=O) groups is 1. The largest absolute Gasteiger partial charge is 0.507 e. The van der Waals surface area contributed by atoms with Gasteiger partial charge >= 0.3 is 6.09 Å². The first kappa shape index (κ1) is 5.94. The number of hydrogen-bond donors (Lipinski definition) is 1. The van der Waals surface area contributed by atoms with Gasteiger partial charge in [0.15, 0.2) is 6.61 Å². The molecule has 0 unspecified atom stereocenters. The lowest BCUT2D eigenvalue weighted by molar-refractivity contribution is 0.105. The van der Waals surface area contributed by atoms with E-state index in [4.69, 9.17) is 5.11 Å². The molecule has 1 amide bonds. The molecular weight excluding hydrogens is 122 g/mol. The number of nitrogens with zero attached hydrogens (tertiary/aromatic N) is 1. The van der Waals surface area contributed by atoms with E-state index < -0.39 is 6.09 Å². The molecule has 50 valence electrons. The molecule has 4 nitrogen and oxygen atoms in total. The van der Waals surface area contributed by atoms with Crippen molar-refractivity contribution in [2.24, 2.45) is 0 Å². The van der Waals surface area contributed by atoms with E-state index in [1.165, 1.54) is 18.1 Å². The second-order valence-electron chi connectivity index (χ2n) is 1.79. The maximum Gasteiger partial charge on any atom is 0.414 e. The highest BCUT2D eigenvalue weighted by Crippen LogP contribution is 2.03. The van der Waals surface area contributed by atoms with Gasteiger partial charge in [-0.1, -0.05) is 0 Å². The maximum absolute atomic E-state index is 10.5. The van der Waals surface area contributed by atoms with Gasteiger partial charge in [0.2, 0.25) is 0 Å². The molecule has 0 aliphatic carbocycles. The predicted octanol–water partition coefficient (Wildman–Crippen LogP) is 0.468. The summed E-state index contributed by atoms with van der Waals surface area (Å²) in [6, 6.07) is 0. The molecule has 0 aromatic rings. The molecule has 0 radical (unpaired) electrons. The Kier molecular flexibility index (Phi) is 1.30. The van der Waals surface area contributed by atoms with Crippen LogP contribution in [0.15, 0.2) is 12.0 Å². The molecule has 4 heteroatoms. The van der Waals surface area contributed by atoms with Crippen LogP contribution >= 0.6 is 0 Å². The smallest absolute Gasteiger partial charge is 0.414 e. The molecule has 9 heavy (non-hydrogen) atoms. The van der Waals surface area contributed by atoms with Gasteiger partial charge in [-0.05, 0) is 0 Å². The number of carbonyl (C=O) groups excluding carboxylic acids is 1. The van der Waals surface area contributed by atoms with Crippen LogP contribution in [0.2, 0.25) is 0 Å². The van der Waals surface area contributed by atoms with Crippen molar-refractivity contribution in [2.45, 2.75) is 0 Å². The summed E-state index contributed by atoms with van der Waals surface area (Å²) in [6.07, 6.45) is 0.888. The monoisotopic (exact) mass is 129 g/mol. The molecule has 0 aromatic heterocycles. The second-order valence-corrected chi connectivity index (χ2v) is 1.79. The van der Waals surface area contributed by atoms with Crippen LogP contribution < -0.4 is 0 Å². The van der Waals surface area contributed by atoms with Crippen molar-refractivity contribution in [2.75, 3.05) is 13.7 Å². The van der Waals surface area contributed by atoms with E-state index in [0.717, 1.165) is 0 Å². The Hall–Kier alpha value is -1.19. The van der Waals surface area contributed by atoms with Crippen LogP contribution in [0.25, 0.3) is 0 Å². The fourth-order valence-electron chi connectivity index (χ4n) is 0.551. The van der Waals surface area contributed by atoms with Crippen molar-refractivity contribution < 1.29 is 14.6 Å². The molecule has 1 aliphatic rings. The minimum atomic E-state index is -0.437. The van der Waals surface area contributed by atoms with Gasteiger partial charge in [0.05, 0.1) is 6.20 Å². The Labute approximate surface area is 52.3 Å². The van der Waals surface area contributed by atoms with E-state index in [1.54, 1.807) is 0 Å². The lowest BCUT2D eigenvalue weighted by Crippen LogP contribution is -2.28. The molecule has 1 N–H and O–H groups in total. The van der Waals surface area contributed by atoms with Gasteiger partial charge in [-0.2, -0.15) is 0 Å². The zero-order valence-corrected chi connectivity index (χ0v) is 5.00. The Morgan fingerprint density at radius 2 is 2.56 bits per heavy atom. The van der Waals surface area contributed by atoms with Crippen molar-refractivity contribution in [3.63, 3.8) is 0 Å². The van der Waals surface area contributed by atoms with Crippen LogP contribution in [0.4, 0.5) is 4.79 Å². The van der Waals surface area contributed by atoms with Gasteiger partial charge in [0.1, 0.15) is 5.76 Å². The summed E-state index contributed by atoms with van der Waals surface area (Å²) in [7, 11) is 1.51. The summed E-state index contributed by atoms with van der Waals surface area (Å²) in [6.45, 7) is -0.0107. The van der Waals surface area contributed by atoms with Gasteiger partial charge < -0.3 is 9.84 Å².